The molecule has 0 saturated heterocycles. The summed E-state index contributed by atoms with van der Waals surface area (Å²) in [6.45, 7) is 10.3. The molecule has 1 N–H and O–H groups in total. The van der Waals surface area contributed by atoms with Crippen molar-refractivity contribution in [3.8, 4) is 0 Å². The summed E-state index contributed by atoms with van der Waals surface area (Å²) in [5.74, 6) is 0. The number of para-hydroxylation sites is 2. The molecular weight excluding hydrogens is 298 g/mol. The van der Waals surface area contributed by atoms with Crippen LogP contribution in [0.1, 0.15) is 40.2 Å². The van der Waals surface area contributed by atoms with Gasteiger partial charge in [-0.3, -0.25) is 0 Å². The van der Waals surface area contributed by atoms with Crippen LogP contribution >= 0.6 is 0 Å². The van der Waals surface area contributed by atoms with Crippen LogP contribution < -0.4 is 0 Å². The van der Waals surface area contributed by atoms with Crippen LogP contribution in [0.4, 0.5) is 0 Å². The molecule has 0 saturated carbocycles. The van der Waals surface area contributed by atoms with Crippen LogP contribution in [0, 0.1) is 0 Å². The largest absolute Gasteiger partial charge is 0.455 e. The van der Waals surface area contributed by atoms with Gasteiger partial charge in [0.25, 0.3) is 0 Å². The highest BCUT2D eigenvalue weighted by Gasteiger charge is 2.49. The Labute approximate surface area is 142 Å². The van der Waals surface area contributed by atoms with Crippen LogP contribution in [-0.4, -0.2) is 21.3 Å². The molecule has 0 bridgehead atoms. The molecule has 4 rings (SSSR count). The monoisotopic (exact) mass is 321 g/mol. The lowest BCUT2D eigenvalue weighted by atomic mass is 9.86. The minimum absolute atomic E-state index is 0.410. The Kier molecular flexibility index (Phi) is 3.03. The topological polar surface area (TPSA) is 36.6 Å². The molecule has 0 amide bonds. The fourth-order valence-corrected chi connectivity index (χ4v) is 4.20. The molecule has 124 valence electrons. The first-order chi connectivity index (χ1) is 11.3. The Morgan fingerprint density at radius 2 is 1.54 bits per heavy atom. The molecule has 2 heterocycles. The molecule has 0 aliphatic carbocycles. The van der Waals surface area contributed by atoms with E-state index in [0.717, 1.165) is 33.1 Å². The van der Waals surface area contributed by atoms with Crippen molar-refractivity contribution in [1.82, 2.24) is 5.06 Å². The van der Waals surface area contributed by atoms with Gasteiger partial charge in [0.2, 0.25) is 0 Å². The lowest BCUT2D eigenvalue weighted by molar-refractivity contribution is -0.183. The number of furan rings is 1. The maximum Gasteiger partial charge on any atom is 0.142 e. The van der Waals surface area contributed by atoms with Crippen molar-refractivity contribution < 1.29 is 9.62 Å². The van der Waals surface area contributed by atoms with Gasteiger partial charge >= 0.3 is 0 Å². The van der Waals surface area contributed by atoms with Crippen molar-refractivity contribution in [2.24, 2.45) is 0 Å². The molecule has 0 unspecified atom stereocenters. The summed E-state index contributed by atoms with van der Waals surface area (Å²) in [4.78, 5) is 0. The summed E-state index contributed by atoms with van der Waals surface area (Å²) in [7, 11) is 0. The van der Waals surface area contributed by atoms with Crippen LogP contribution in [-0.2, 0) is 0 Å². The van der Waals surface area contributed by atoms with Crippen molar-refractivity contribution in [3.63, 3.8) is 0 Å². The van der Waals surface area contributed by atoms with Crippen molar-refractivity contribution in [2.45, 2.75) is 45.7 Å². The number of hydroxylamine groups is 2. The lowest BCUT2D eigenvalue weighted by Crippen LogP contribution is -2.48. The van der Waals surface area contributed by atoms with Crippen molar-refractivity contribution >= 4 is 27.5 Å². The van der Waals surface area contributed by atoms with E-state index in [4.69, 9.17) is 4.42 Å². The van der Waals surface area contributed by atoms with E-state index in [0.29, 0.717) is 0 Å². The third-order valence-electron chi connectivity index (χ3n) is 5.64. The van der Waals surface area contributed by atoms with Crippen LogP contribution in [0.2, 0.25) is 0 Å². The first-order valence-electron chi connectivity index (χ1n) is 8.38. The molecule has 3 heteroatoms. The van der Waals surface area contributed by atoms with Gasteiger partial charge in [-0.15, -0.1) is 0 Å². The minimum Gasteiger partial charge on any atom is -0.455 e. The molecule has 3 aromatic rings. The first kappa shape index (κ1) is 15.4. The molecule has 1 aliphatic heterocycles. The van der Waals surface area contributed by atoms with E-state index in [1.54, 1.807) is 0 Å². The molecule has 0 radical (unpaired) electrons. The summed E-state index contributed by atoms with van der Waals surface area (Å²) in [6.07, 6.45) is 0. The molecule has 1 aliphatic rings. The number of hydrogen-bond acceptors (Lipinski definition) is 3. The SMILES string of the molecule is CC1=C(c2cccc3c2oc2ccccc23)C(C)(C)N(O)C1(C)C. The third kappa shape index (κ3) is 1.80. The highest BCUT2D eigenvalue weighted by molar-refractivity contribution is 6.08. The summed E-state index contributed by atoms with van der Waals surface area (Å²) < 4.78 is 6.21. The highest BCUT2D eigenvalue weighted by atomic mass is 16.5. The summed E-state index contributed by atoms with van der Waals surface area (Å²) >= 11 is 0. The predicted octanol–water partition coefficient (Wildman–Crippen LogP) is 5.62. The van der Waals surface area contributed by atoms with E-state index in [2.05, 4.69) is 58.9 Å². The van der Waals surface area contributed by atoms with E-state index in [1.165, 1.54) is 10.6 Å². The number of nitrogens with zero attached hydrogens (tertiary/aromatic N) is 1. The van der Waals surface area contributed by atoms with Crippen molar-refractivity contribution in [3.05, 3.63) is 53.6 Å². The number of hydrogen-bond donors (Lipinski definition) is 1. The van der Waals surface area contributed by atoms with Gasteiger partial charge in [-0.25, -0.2) is 0 Å². The van der Waals surface area contributed by atoms with Gasteiger partial charge in [0, 0.05) is 16.3 Å². The molecule has 0 spiro atoms. The quantitative estimate of drug-likeness (QED) is 0.632. The lowest BCUT2D eigenvalue weighted by Gasteiger charge is -2.36. The molecular formula is C21H23NO2. The third-order valence-corrected chi connectivity index (χ3v) is 5.64. The smallest absolute Gasteiger partial charge is 0.142 e. The second-order valence-electron chi connectivity index (χ2n) is 7.71. The summed E-state index contributed by atoms with van der Waals surface area (Å²) in [6, 6.07) is 14.4. The Balaban J connectivity index is 2.09. The fraction of sp³-hybridized carbons (Fsp3) is 0.333. The standard InChI is InChI=1S/C21H23NO2/c1-13-18(21(4,5)22(23)20(13,2)3)16-11-8-10-15-14-9-6-7-12-17(14)24-19(15)16/h6-12,23H,1-5H3. The molecule has 1 aromatic heterocycles. The Hall–Kier alpha value is -2.10. The van der Waals surface area contributed by atoms with Crippen molar-refractivity contribution in [2.75, 3.05) is 0 Å². The zero-order valence-electron chi connectivity index (χ0n) is 14.8. The molecule has 0 fully saturated rings. The van der Waals surface area contributed by atoms with Crippen LogP contribution in [0.15, 0.2) is 52.5 Å². The molecule has 24 heavy (non-hydrogen) atoms. The van der Waals surface area contributed by atoms with E-state index >= 15 is 0 Å². The normalized spacial score (nSPS) is 20.4. The Morgan fingerprint density at radius 1 is 0.875 bits per heavy atom. The second kappa shape index (κ2) is 4.71. The van der Waals surface area contributed by atoms with Crippen LogP contribution in [0.5, 0.6) is 0 Å². The average molecular weight is 321 g/mol. The van der Waals surface area contributed by atoms with Crippen LogP contribution in [0.3, 0.4) is 0 Å². The van der Waals surface area contributed by atoms with Gasteiger partial charge in [0.05, 0.1) is 11.1 Å². The van der Waals surface area contributed by atoms with Crippen molar-refractivity contribution in [1.29, 1.82) is 0 Å². The maximum absolute atomic E-state index is 10.8. The first-order valence-corrected chi connectivity index (χ1v) is 8.38. The molecule has 3 nitrogen and oxygen atoms in total. The summed E-state index contributed by atoms with van der Waals surface area (Å²) in [5.41, 5.74) is 4.27. The Bertz CT molecular complexity index is 991. The zero-order valence-corrected chi connectivity index (χ0v) is 14.8. The van der Waals surface area contributed by atoms with Gasteiger partial charge in [-0.1, -0.05) is 36.4 Å². The molecule has 0 atom stereocenters. The van der Waals surface area contributed by atoms with E-state index in [1.807, 2.05) is 18.2 Å². The van der Waals surface area contributed by atoms with Gasteiger partial charge < -0.3 is 9.62 Å². The van der Waals surface area contributed by atoms with Gasteiger partial charge in [-0.2, -0.15) is 5.06 Å². The second-order valence-corrected chi connectivity index (χ2v) is 7.71. The van der Waals surface area contributed by atoms with E-state index < -0.39 is 11.1 Å². The van der Waals surface area contributed by atoms with E-state index in [9.17, 15) is 5.21 Å². The predicted molar refractivity (Wildman–Crippen MR) is 98.1 cm³/mol. The van der Waals surface area contributed by atoms with Crippen LogP contribution in [0.25, 0.3) is 27.5 Å². The highest BCUT2D eigenvalue weighted by Crippen LogP contribution is 2.50. The van der Waals surface area contributed by atoms with Gasteiger partial charge in [0.1, 0.15) is 11.2 Å². The number of fused-ring (bicyclic) bond motifs is 3. The Morgan fingerprint density at radius 3 is 2.21 bits per heavy atom. The van der Waals surface area contributed by atoms with Gasteiger partial charge in [-0.05, 0) is 51.8 Å². The number of rotatable bonds is 1. The summed E-state index contributed by atoms with van der Waals surface area (Å²) in [5, 5.41) is 14.5. The molecule has 2 aromatic carbocycles. The van der Waals surface area contributed by atoms with Gasteiger partial charge in [0.15, 0.2) is 0 Å². The minimum atomic E-state index is -0.485. The average Bonchev–Trinajstić information content (AvgIpc) is 2.98. The van der Waals surface area contributed by atoms with E-state index in [-0.39, 0.29) is 0 Å². The zero-order chi connectivity index (χ0) is 17.3. The fourth-order valence-electron chi connectivity index (χ4n) is 4.20. The maximum atomic E-state index is 10.8. The number of benzene rings is 2.